The molecule has 20 nitrogen and oxygen atoms in total. The molecule has 2 bridgehead atoms. The number of benzene rings is 1. The van der Waals surface area contributed by atoms with Crippen LogP contribution in [0.1, 0.15) is 122 Å². The van der Waals surface area contributed by atoms with Crippen molar-refractivity contribution in [3.63, 3.8) is 0 Å². The van der Waals surface area contributed by atoms with Crippen molar-refractivity contribution >= 4 is 65.4 Å². The van der Waals surface area contributed by atoms with Gasteiger partial charge in [0.05, 0.1) is 42.5 Å². The normalized spacial score (nSPS) is 19.9. The summed E-state index contributed by atoms with van der Waals surface area (Å²) in [5.74, 6) is 1.03. The van der Waals surface area contributed by atoms with Crippen molar-refractivity contribution in [2.45, 2.75) is 163 Å². The Morgan fingerprint density at radius 3 is 1.89 bits per heavy atom. The zero-order valence-corrected chi connectivity index (χ0v) is 49.0. The van der Waals surface area contributed by atoms with E-state index >= 15 is 0 Å². The number of nitrogens with one attached hydrogen (secondary N) is 6. The van der Waals surface area contributed by atoms with E-state index in [0.717, 1.165) is 61.7 Å². The van der Waals surface area contributed by atoms with E-state index in [4.69, 9.17) is 37.2 Å². The van der Waals surface area contributed by atoms with E-state index in [1.54, 1.807) is 24.3 Å². The fourth-order valence-corrected chi connectivity index (χ4v) is 8.83. The second-order valence-electron chi connectivity index (χ2n) is 20.2. The summed E-state index contributed by atoms with van der Waals surface area (Å²) < 4.78 is 39.6. The van der Waals surface area contributed by atoms with Gasteiger partial charge in [0.15, 0.2) is 0 Å². The zero-order chi connectivity index (χ0) is 58.3. The number of amides is 4. The number of nitrogens with zero attached hydrogens (tertiary/aromatic N) is 1. The maximum absolute atomic E-state index is 12.6. The van der Waals surface area contributed by atoms with Crippen LogP contribution in [0.2, 0.25) is 5.02 Å². The molecule has 0 radical (unpaired) electrons. The maximum Gasteiger partial charge on any atom is 0.481 e. The van der Waals surface area contributed by atoms with Crippen LogP contribution >= 0.6 is 11.6 Å². The Bertz CT molecular complexity index is 2060. The number of pyridine rings is 1. The molecule has 1 aliphatic heterocycles. The molecule has 4 amide bonds. The molecule has 8 atom stereocenters. The molecule has 5 unspecified atom stereocenters. The minimum atomic E-state index is -4.10. The second kappa shape index (κ2) is 37.4. The van der Waals surface area contributed by atoms with Crippen molar-refractivity contribution < 1.29 is 51.6 Å². The lowest BCUT2D eigenvalue weighted by Crippen LogP contribution is -2.65. The number of Topliss-reactive ketones (excluding diaryl/α,β-unsaturated/α-hetero) is 1. The van der Waals surface area contributed by atoms with Gasteiger partial charge in [-0.1, -0.05) is 78.6 Å². The highest BCUT2D eigenvalue weighted by Gasteiger charge is 2.68. The number of unbranched alkanes of at least 4 members (excludes halogenated alkanes) is 1. The second-order valence-corrected chi connectivity index (χ2v) is 22.4. The van der Waals surface area contributed by atoms with Gasteiger partial charge in [0.2, 0.25) is 34.2 Å². The van der Waals surface area contributed by atoms with Gasteiger partial charge in [0.25, 0.3) is 0 Å². The summed E-state index contributed by atoms with van der Waals surface area (Å²) in [6.07, 6.45) is 5.53. The van der Waals surface area contributed by atoms with Gasteiger partial charge in [-0.25, -0.2) is 13.1 Å². The van der Waals surface area contributed by atoms with Crippen LogP contribution in [0.4, 0.5) is 0 Å². The van der Waals surface area contributed by atoms with E-state index in [2.05, 4.69) is 84.8 Å². The SMILES string of the molecule is C=O.CC(C)=O.CC(C)C(C)C.CC(CCCCN)NC(=O)CNC(=O)C(NC(=O)CNS(=O)(=O)c1ccc(-c2ccc(Cl)cc2)nc1)C(C)O.CCN.CNC.C[C@H](NC=O)B1O[C@@H]2CC3CC(C3(C)C)[C@]2(C)O1. The van der Waals surface area contributed by atoms with Crippen LogP contribution in [0.25, 0.3) is 11.3 Å². The first-order valence-corrected chi connectivity index (χ1v) is 27.4. The summed E-state index contributed by atoms with van der Waals surface area (Å²) in [5.41, 5.74) is 11.8. The molecule has 1 aromatic carbocycles. The highest BCUT2D eigenvalue weighted by molar-refractivity contribution is 7.89. The van der Waals surface area contributed by atoms with Crippen LogP contribution in [-0.4, -0.2) is 138 Å². The van der Waals surface area contributed by atoms with Gasteiger partial charge in [-0.05, 0) is 148 Å². The Kier molecular flexibility index (Phi) is 36.2. The zero-order valence-electron chi connectivity index (χ0n) is 47.4. The number of aliphatic hydroxyl groups is 1. The van der Waals surface area contributed by atoms with Crippen molar-refractivity contribution in [1.29, 1.82) is 0 Å². The number of aromatic nitrogens is 1. The molecule has 11 N–H and O–H groups in total. The van der Waals surface area contributed by atoms with Crippen molar-refractivity contribution in [3.05, 3.63) is 47.6 Å². The molecule has 75 heavy (non-hydrogen) atoms. The maximum atomic E-state index is 12.6. The topological polar surface area (TPSA) is 312 Å². The Morgan fingerprint density at radius 1 is 0.907 bits per heavy atom. The summed E-state index contributed by atoms with van der Waals surface area (Å²) in [5, 5.41) is 23.4. The molecule has 6 rings (SSSR count). The van der Waals surface area contributed by atoms with Crippen LogP contribution in [0.5, 0.6) is 0 Å². The molecular formula is C52H93BClN9O11S. The number of aliphatic hydroxyl groups excluding tert-OH is 1. The predicted molar refractivity (Wildman–Crippen MR) is 299 cm³/mol. The molecule has 4 fully saturated rings. The van der Waals surface area contributed by atoms with E-state index in [-0.39, 0.29) is 48.0 Å². The summed E-state index contributed by atoms with van der Waals surface area (Å²) in [6, 6.07) is 8.21. The van der Waals surface area contributed by atoms with E-state index < -0.39 is 46.4 Å². The molecule has 4 aliphatic rings. The fourth-order valence-electron chi connectivity index (χ4n) is 7.77. The number of rotatable bonds is 19. The molecule has 3 saturated carbocycles. The van der Waals surface area contributed by atoms with Crippen LogP contribution < -0.4 is 42.8 Å². The quantitative estimate of drug-likeness (QED) is 0.0541. The third-order valence-corrected chi connectivity index (χ3v) is 14.3. The third kappa shape index (κ3) is 26.5. The number of hydrogen-bond acceptors (Lipinski definition) is 15. The number of nitrogens with two attached hydrogens (primary N) is 2. The van der Waals surface area contributed by atoms with Gasteiger partial charge in [-0.3, -0.25) is 24.2 Å². The van der Waals surface area contributed by atoms with E-state index in [9.17, 15) is 37.5 Å². The summed E-state index contributed by atoms with van der Waals surface area (Å²) in [7, 11) is -0.652. The van der Waals surface area contributed by atoms with Crippen LogP contribution in [0.3, 0.4) is 0 Å². The van der Waals surface area contributed by atoms with E-state index in [1.807, 2.05) is 41.7 Å². The average molecular weight is 1100 g/mol. The summed E-state index contributed by atoms with van der Waals surface area (Å²) in [6.45, 7) is 28.1. The molecule has 0 spiro atoms. The van der Waals surface area contributed by atoms with Crippen molar-refractivity contribution in [2.75, 3.05) is 40.3 Å². The highest BCUT2D eigenvalue weighted by Crippen LogP contribution is 2.65. The van der Waals surface area contributed by atoms with Crippen LogP contribution in [0.15, 0.2) is 47.5 Å². The van der Waals surface area contributed by atoms with Gasteiger partial charge in [-0.2, -0.15) is 0 Å². The number of carbonyl (C=O) groups is 6. The fraction of sp³-hybridized carbons (Fsp3) is 0.673. The number of carbonyl (C=O) groups excluding carboxylic acids is 6. The first-order valence-electron chi connectivity index (χ1n) is 25.6. The largest absolute Gasteiger partial charge is 0.481 e. The average Bonchev–Trinajstić information content (AvgIpc) is 3.71. The van der Waals surface area contributed by atoms with Crippen LogP contribution in [0, 0.1) is 29.1 Å². The highest BCUT2D eigenvalue weighted by atomic mass is 35.5. The third-order valence-electron chi connectivity index (χ3n) is 12.7. The lowest BCUT2D eigenvalue weighted by molar-refractivity contribution is -0.199. The number of sulfonamides is 1. The molecule has 23 heteroatoms. The minimum Gasteiger partial charge on any atom is -0.404 e. The molecular weight excluding hydrogens is 1000 g/mol. The smallest absolute Gasteiger partial charge is 0.404 e. The number of ketones is 1. The van der Waals surface area contributed by atoms with E-state index in [0.29, 0.717) is 35.0 Å². The Labute approximate surface area is 454 Å². The summed E-state index contributed by atoms with van der Waals surface area (Å²) >= 11 is 5.88. The molecule has 1 aromatic heterocycles. The number of hydrogen-bond donors (Lipinski definition) is 9. The Hall–Kier alpha value is -4.39. The molecule has 2 heterocycles. The first-order chi connectivity index (χ1) is 35.0. The monoisotopic (exact) mass is 1100 g/mol. The van der Waals surface area contributed by atoms with Crippen molar-refractivity contribution in [3.8, 4) is 11.3 Å². The van der Waals surface area contributed by atoms with Gasteiger partial charge < -0.3 is 62.1 Å². The first kappa shape index (κ1) is 72.7. The van der Waals surface area contributed by atoms with Gasteiger partial charge in [0.1, 0.15) is 23.5 Å². The van der Waals surface area contributed by atoms with E-state index in [1.165, 1.54) is 39.3 Å². The predicted octanol–water partition coefficient (Wildman–Crippen LogP) is 4.19. The Balaban J connectivity index is 0. The van der Waals surface area contributed by atoms with Crippen molar-refractivity contribution in [1.82, 2.24) is 36.3 Å². The number of halogens is 1. The van der Waals surface area contributed by atoms with Gasteiger partial charge >= 0.3 is 7.12 Å². The minimum absolute atomic E-state index is 0.0924. The molecule has 2 aromatic rings. The molecule has 1 saturated heterocycles. The van der Waals surface area contributed by atoms with Gasteiger partial charge in [-0.15, -0.1) is 0 Å². The standard InChI is InChI=1S/C25H35ClN6O6S.C13H22BNO3.C6H14.C3H6O.2C2H7N.CH2O/c1-16(5-3-4-12-27)31-22(34)14-29-25(36)24(17(2)33)32-23(35)15-30-39(37,38)20-10-11-21(28-13-20)18-6-8-19(26)9-7-18;1-8(15-7-16)14-17-11-6-9-5-10(12(9,2)3)13(11,4)18-14;1-5(2)6(3)4;1-3(2)4;1-3-2;1-2-3;1-2/h6-11,13,16-17,24,30,33H,3-5,12,14-15,27H2,1-2H3,(H,29,36)(H,31,34)(H,32,35);7-11H,5-6H2,1-4H3,(H,15,16);5-6H,1-4H3;1-2H3;3H,1-2H3;2-3H2,1H3;1H2/t;8-,9?,10?,11+,13-;;;;;/m.0...../s1. The molecule has 428 valence electrons. The summed E-state index contributed by atoms with van der Waals surface area (Å²) in [4.78, 5) is 68.9. The molecule has 3 aliphatic carbocycles. The lowest BCUT2D eigenvalue weighted by atomic mass is 9.43. The Morgan fingerprint density at radius 2 is 1.44 bits per heavy atom. The lowest BCUT2D eigenvalue weighted by Gasteiger charge is -2.64. The van der Waals surface area contributed by atoms with Crippen molar-refractivity contribution in [2.24, 2.45) is 40.6 Å². The van der Waals surface area contributed by atoms with Gasteiger partial charge in [0, 0.05) is 22.8 Å². The van der Waals surface area contributed by atoms with Crippen LogP contribution in [-0.2, 0) is 48.1 Å².